The second-order valence-corrected chi connectivity index (χ2v) is 25.1. The molecule has 0 spiro atoms. The van der Waals surface area contributed by atoms with Crippen molar-refractivity contribution in [3.8, 4) is 0 Å². The van der Waals surface area contributed by atoms with E-state index in [4.69, 9.17) is 13.8 Å². The smallest absolute Gasteiger partial charge is 0.456 e. The molecule has 2 N–H and O–H groups in total. The van der Waals surface area contributed by atoms with Crippen LogP contribution in [0.5, 0.6) is 0 Å². The molecule has 0 aromatic carbocycles. The van der Waals surface area contributed by atoms with Crippen LogP contribution < -0.4 is 5.32 Å². The van der Waals surface area contributed by atoms with Crippen molar-refractivity contribution < 1.29 is 37.3 Å². The van der Waals surface area contributed by atoms with Crippen LogP contribution in [0.4, 0.5) is 0 Å². The Morgan fingerprint density at radius 2 is 0.812 bits per heavy atom. The van der Waals surface area contributed by atoms with E-state index in [2.05, 4.69) is 92.9 Å². The summed E-state index contributed by atoms with van der Waals surface area (Å²) < 4.78 is 30.7. The Labute approximate surface area is 495 Å². The van der Waals surface area contributed by atoms with E-state index >= 15 is 0 Å². The Kier molecular flexibility index (Phi) is 57.3. The molecular weight excluding hydrogens is 1010 g/mol. The number of allylic oxidation sites excluding steroid dienone is 13. The molecule has 0 rings (SSSR count). The highest BCUT2D eigenvalue weighted by Crippen LogP contribution is 2.43. The number of rotatable bonds is 60. The first-order valence-electron chi connectivity index (χ1n) is 33.4. The first-order valence-corrected chi connectivity index (χ1v) is 34.9. The van der Waals surface area contributed by atoms with Crippen molar-refractivity contribution >= 4 is 19.7 Å². The van der Waals surface area contributed by atoms with E-state index in [0.717, 1.165) is 70.6 Å². The van der Waals surface area contributed by atoms with Crippen LogP contribution in [-0.2, 0) is 27.9 Å². The number of unbranched alkanes of at least 4 members (excludes halogenated alkanes) is 32. The minimum absolute atomic E-state index is 0.0249. The average Bonchev–Trinajstić information content (AvgIpc) is 3.43. The number of nitrogens with one attached hydrogen (secondary N) is 1. The highest BCUT2D eigenvalue weighted by molar-refractivity contribution is 7.47. The lowest BCUT2D eigenvalue weighted by atomic mass is 10.0. The third-order valence-corrected chi connectivity index (χ3v) is 15.6. The first-order chi connectivity index (χ1) is 38.9. The number of hydrogen-bond donors (Lipinski definition) is 2. The fraction of sp³-hybridized carbons (Fsp3) is 0.771. The first kappa shape index (κ1) is 77.2. The predicted octanol–water partition coefficient (Wildman–Crippen LogP) is 21.0. The molecule has 0 aromatic heterocycles. The molecule has 0 aromatic rings. The molecule has 0 saturated carbocycles. The van der Waals surface area contributed by atoms with Gasteiger partial charge in [-0.3, -0.25) is 18.6 Å². The molecule has 0 aliphatic heterocycles. The summed E-state index contributed by atoms with van der Waals surface area (Å²) in [4.78, 5) is 37.7. The van der Waals surface area contributed by atoms with Gasteiger partial charge in [0.15, 0.2) is 0 Å². The zero-order chi connectivity index (χ0) is 58.6. The van der Waals surface area contributed by atoms with E-state index in [-0.39, 0.29) is 37.9 Å². The van der Waals surface area contributed by atoms with Gasteiger partial charge >= 0.3 is 13.8 Å². The second kappa shape index (κ2) is 59.4. The maximum absolute atomic E-state index is 13.5. The SMILES string of the molecule is CC/C=C/C/C=C/C/C=C/C/C=C/C/C=C/CCC(=O)NC(COP(=O)(O)OCC[N+](C)(C)C)C(/C=C\CCCCCCCCCCC)OC(=O)CCCCCCCCCCCCCCCCCCC/C=C/CCCCCCCC. The van der Waals surface area contributed by atoms with Crippen molar-refractivity contribution in [2.24, 2.45) is 0 Å². The second-order valence-electron chi connectivity index (χ2n) is 23.6. The van der Waals surface area contributed by atoms with E-state index in [0.29, 0.717) is 17.4 Å². The largest absolute Gasteiger partial charge is 0.472 e. The highest BCUT2D eigenvalue weighted by Gasteiger charge is 2.30. The highest BCUT2D eigenvalue weighted by atomic mass is 31.2. The summed E-state index contributed by atoms with van der Waals surface area (Å²) >= 11 is 0. The molecule has 0 saturated heterocycles. The number of quaternary nitrogens is 1. The van der Waals surface area contributed by atoms with Gasteiger partial charge in [0.2, 0.25) is 5.91 Å². The van der Waals surface area contributed by atoms with E-state index in [1.165, 1.54) is 186 Å². The van der Waals surface area contributed by atoms with Crippen LogP contribution in [0, 0.1) is 0 Å². The summed E-state index contributed by atoms with van der Waals surface area (Å²) in [5.41, 5.74) is 0. The van der Waals surface area contributed by atoms with Crippen LogP contribution in [0.2, 0.25) is 0 Å². The molecule has 80 heavy (non-hydrogen) atoms. The molecular formula is C70H128N2O7P+. The normalized spacial score (nSPS) is 14.1. The Bertz CT molecular complexity index is 1640. The minimum atomic E-state index is -4.47. The molecule has 1 amide bonds. The summed E-state index contributed by atoms with van der Waals surface area (Å²) in [6.45, 7) is 6.85. The van der Waals surface area contributed by atoms with Gasteiger partial charge in [-0.25, -0.2) is 4.57 Å². The van der Waals surface area contributed by atoms with Crippen LogP contribution in [0.3, 0.4) is 0 Å². The van der Waals surface area contributed by atoms with Gasteiger partial charge in [-0.05, 0) is 89.5 Å². The predicted molar refractivity (Wildman–Crippen MR) is 346 cm³/mol. The third-order valence-electron chi connectivity index (χ3n) is 14.6. The number of amides is 1. The van der Waals surface area contributed by atoms with Gasteiger partial charge in [0.05, 0.1) is 33.8 Å². The Morgan fingerprint density at radius 1 is 0.450 bits per heavy atom. The van der Waals surface area contributed by atoms with E-state index in [1.54, 1.807) is 0 Å². The summed E-state index contributed by atoms with van der Waals surface area (Å²) in [6.07, 6.45) is 79.1. The standard InChI is InChI=1S/C70H127N2O7P/c1-7-10-13-16-19-22-25-27-29-31-32-33-34-35-36-37-38-39-40-41-43-45-48-51-54-57-60-63-70(74)79-68(61-58-55-52-49-46-24-21-18-15-12-9-3)67(66-78-80(75,76)77-65-64-72(4,5)6)71-69(73)62-59-56-53-50-47-44-42-30-28-26-23-20-17-14-11-8-2/h11,14,20,23,27-30,44,47,53,56,58,61,67-68H,7-10,12-13,15-19,21-22,24-26,31-43,45-46,48-52,54-55,57,59-60,62-66H2,1-6H3,(H-,71,73,75,76)/p+1/b14-11+,23-20+,29-27+,30-28+,47-44+,56-53+,61-58-. The maximum atomic E-state index is 13.5. The number of phosphoric acid groups is 1. The lowest BCUT2D eigenvalue weighted by Crippen LogP contribution is -2.47. The van der Waals surface area contributed by atoms with Gasteiger partial charge in [0.25, 0.3) is 0 Å². The van der Waals surface area contributed by atoms with Gasteiger partial charge in [-0.2, -0.15) is 0 Å². The van der Waals surface area contributed by atoms with E-state index in [1.807, 2.05) is 39.4 Å². The zero-order valence-electron chi connectivity index (χ0n) is 53.1. The van der Waals surface area contributed by atoms with Crippen LogP contribution in [0.1, 0.15) is 297 Å². The van der Waals surface area contributed by atoms with Crippen molar-refractivity contribution in [3.05, 3.63) is 85.1 Å². The van der Waals surface area contributed by atoms with Crippen LogP contribution in [-0.4, -0.2) is 74.3 Å². The average molecular weight is 1140 g/mol. The fourth-order valence-corrected chi connectivity index (χ4v) is 10.2. The number of ether oxygens (including phenoxy) is 1. The van der Waals surface area contributed by atoms with Crippen molar-refractivity contribution in [3.63, 3.8) is 0 Å². The number of esters is 1. The minimum Gasteiger partial charge on any atom is -0.456 e. The van der Waals surface area contributed by atoms with Crippen molar-refractivity contribution in [2.45, 2.75) is 309 Å². The van der Waals surface area contributed by atoms with E-state index < -0.39 is 20.0 Å². The van der Waals surface area contributed by atoms with Crippen molar-refractivity contribution in [2.75, 3.05) is 40.9 Å². The van der Waals surface area contributed by atoms with Crippen LogP contribution in [0.25, 0.3) is 0 Å². The molecule has 3 unspecified atom stereocenters. The van der Waals surface area contributed by atoms with Crippen molar-refractivity contribution in [1.29, 1.82) is 0 Å². The Morgan fingerprint density at radius 3 is 1.23 bits per heavy atom. The van der Waals surface area contributed by atoms with Gasteiger partial charge in [-0.1, -0.05) is 280 Å². The molecule has 0 radical (unpaired) electrons. The molecule has 0 heterocycles. The van der Waals surface area contributed by atoms with E-state index in [9.17, 15) is 19.0 Å². The lowest BCUT2D eigenvalue weighted by Gasteiger charge is -2.27. The molecule has 10 heteroatoms. The van der Waals surface area contributed by atoms with Gasteiger partial charge in [-0.15, -0.1) is 0 Å². The summed E-state index contributed by atoms with van der Waals surface area (Å²) in [5.74, 6) is -0.597. The molecule has 464 valence electrons. The molecule has 3 atom stereocenters. The summed E-state index contributed by atoms with van der Waals surface area (Å²) in [6, 6.07) is -0.890. The number of carbonyl (C=O) groups is 2. The molecule has 0 fully saturated rings. The maximum Gasteiger partial charge on any atom is 0.472 e. The Balaban J connectivity index is 5.06. The van der Waals surface area contributed by atoms with Gasteiger partial charge < -0.3 is 19.4 Å². The van der Waals surface area contributed by atoms with Crippen LogP contribution >= 0.6 is 7.82 Å². The summed E-state index contributed by atoms with van der Waals surface area (Å²) in [7, 11) is 1.45. The summed E-state index contributed by atoms with van der Waals surface area (Å²) in [5, 5.41) is 3.01. The number of nitrogens with zero attached hydrogens (tertiary/aromatic N) is 1. The van der Waals surface area contributed by atoms with Crippen molar-refractivity contribution in [1.82, 2.24) is 5.32 Å². The number of phosphoric ester groups is 1. The number of likely N-dealkylation sites (N-methyl/N-ethyl adjacent to an activating group) is 1. The number of hydrogen-bond acceptors (Lipinski definition) is 6. The topological polar surface area (TPSA) is 111 Å². The van der Waals surface area contributed by atoms with Crippen LogP contribution in [0.15, 0.2) is 85.1 Å². The molecule has 9 nitrogen and oxygen atoms in total. The number of carbonyl (C=O) groups excluding carboxylic acids is 2. The monoisotopic (exact) mass is 1140 g/mol. The van der Waals surface area contributed by atoms with Gasteiger partial charge in [0.1, 0.15) is 19.3 Å². The molecule has 0 aliphatic rings. The zero-order valence-corrected chi connectivity index (χ0v) is 54.0. The fourth-order valence-electron chi connectivity index (χ4n) is 9.45. The molecule has 0 bridgehead atoms. The lowest BCUT2D eigenvalue weighted by molar-refractivity contribution is -0.870. The Hall–Kier alpha value is -2.81. The quantitative estimate of drug-likeness (QED) is 0.0205. The third kappa shape index (κ3) is 59.8. The van der Waals surface area contributed by atoms with Gasteiger partial charge in [0, 0.05) is 12.8 Å². The molecule has 0 aliphatic carbocycles.